The number of nitriles is 1. The van der Waals surface area contributed by atoms with Crippen molar-refractivity contribution in [2.75, 3.05) is 4.90 Å². The molecule has 7 aromatic rings. The Morgan fingerprint density at radius 1 is 0.510 bits per heavy atom. The summed E-state index contributed by atoms with van der Waals surface area (Å²) in [6.07, 6.45) is 8.26. The van der Waals surface area contributed by atoms with Gasteiger partial charge in [0, 0.05) is 17.1 Å². The van der Waals surface area contributed by atoms with Crippen molar-refractivity contribution in [1.82, 2.24) is 0 Å². The van der Waals surface area contributed by atoms with E-state index in [9.17, 15) is 5.26 Å². The minimum Gasteiger partial charge on any atom is -0.311 e. The average Bonchev–Trinajstić information content (AvgIpc) is 3.14. The molecule has 0 bridgehead atoms. The van der Waals surface area contributed by atoms with Gasteiger partial charge in [-0.15, -0.1) is 0 Å². The molecular formula is C46H33N3. The van der Waals surface area contributed by atoms with Gasteiger partial charge in [0.2, 0.25) is 5.69 Å². The molecule has 0 spiro atoms. The minimum absolute atomic E-state index is 0.565. The fourth-order valence-corrected chi connectivity index (χ4v) is 6.20. The lowest BCUT2D eigenvalue weighted by atomic mass is 9.93. The highest BCUT2D eigenvalue weighted by Crippen LogP contribution is 2.40. The predicted octanol–water partition coefficient (Wildman–Crippen LogP) is 12.8. The van der Waals surface area contributed by atoms with E-state index in [-0.39, 0.29) is 0 Å². The number of hydrogen-bond acceptors (Lipinski definition) is 2. The number of hydrogen-bond donors (Lipinski definition) is 0. The molecule has 3 nitrogen and oxygen atoms in total. The molecule has 0 fully saturated rings. The van der Waals surface area contributed by atoms with Gasteiger partial charge in [-0.2, -0.15) is 5.26 Å². The molecule has 0 unspecified atom stereocenters. The zero-order valence-electron chi connectivity index (χ0n) is 27.4. The summed E-state index contributed by atoms with van der Waals surface area (Å²) in [6, 6.07) is 50.3. The van der Waals surface area contributed by atoms with E-state index in [0.717, 1.165) is 60.9 Å². The predicted molar refractivity (Wildman–Crippen MR) is 207 cm³/mol. The Balaban J connectivity index is 1.20. The van der Waals surface area contributed by atoms with Crippen molar-refractivity contribution < 1.29 is 0 Å². The Morgan fingerprint density at radius 3 is 1.53 bits per heavy atom. The van der Waals surface area contributed by atoms with E-state index in [1.165, 1.54) is 11.1 Å². The van der Waals surface area contributed by atoms with Gasteiger partial charge in [0.1, 0.15) is 6.07 Å². The van der Waals surface area contributed by atoms with Gasteiger partial charge in [-0.3, -0.25) is 0 Å². The van der Waals surface area contributed by atoms with Crippen LogP contribution in [-0.4, -0.2) is 0 Å². The number of fused-ring (bicyclic) bond motifs is 2. The normalized spacial score (nSPS) is 11.3. The lowest BCUT2D eigenvalue weighted by Crippen LogP contribution is -2.09. The highest BCUT2D eigenvalue weighted by atomic mass is 15.1. The molecule has 7 rings (SSSR count). The maximum Gasteiger partial charge on any atom is 0.202 e. The van der Waals surface area contributed by atoms with Gasteiger partial charge >= 0.3 is 0 Å². The average molecular weight is 628 g/mol. The van der Waals surface area contributed by atoms with Gasteiger partial charge in [-0.1, -0.05) is 132 Å². The van der Waals surface area contributed by atoms with Crippen molar-refractivity contribution in [2.45, 2.75) is 13.8 Å². The van der Waals surface area contributed by atoms with Crippen molar-refractivity contribution >= 4 is 68.6 Å². The highest BCUT2D eigenvalue weighted by molar-refractivity contribution is 6.16. The molecule has 3 heteroatoms. The van der Waals surface area contributed by atoms with E-state index >= 15 is 0 Å². The maximum absolute atomic E-state index is 10.3. The first kappa shape index (κ1) is 30.9. The first-order valence-corrected chi connectivity index (χ1v) is 16.3. The lowest BCUT2D eigenvalue weighted by Gasteiger charge is -2.25. The standard InChI is InChI=1S/C46H33N3/c1-32-9-13-34(14-10-32)15-17-36-22-28-42-43(29-36)45(31-47)41-27-21-37(30-44(41)46(42)48-3)18-16-35-19-25-40(26-20-35)49(38-7-5-4-6-8-38)39-23-11-33(2)12-24-39/h4-30H,1-2H3/b17-15+,18-16+. The van der Waals surface area contributed by atoms with Gasteiger partial charge in [0.05, 0.1) is 12.1 Å². The third-order valence-corrected chi connectivity index (χ3v) is 8.83. The molecule has 0 radical (unpaired) electrons. The molecule has 0 amide bonds. The molecule has 0 N–H and O–H groups in total. The summed E-state index contributed by atoms with van der Waals surface area (Å²) in [4.78, 5) is 6.22. The third-order valence-electron chi connectivity index (χ3n) is 8.83. The Hall–Kier alpha value is -6.68. The summed E-state index contributed by atoms with van der Waals surface area (Å²) in [5.74, 6) is 0. The van der Waals surface area contributed by atoms with Crippen molar-refractivity contribution in [3.8, 4) is 6.07 Å². The Kier molecular flexibility index (Phi) is 8.58. The fourth-order valence-electron chi connectivity index (χ4n) is 6.20. The highest BCUT2D eigenvalue weighted by Gasteiger charge is 2.15. The number of para-hydroxylation sites is 1. The number of nitrogens with zero attached hydrogens (tertiary/aromatic N) is 3. The van der Waals surface area contributed by atoms with Gasteiger partial charge in [0.25, 0.3) is 0 Å². The molecule has 232 valence electrons. The third kappa shape index (κ3) is 6.48. The van der Waals surface area contributed by atoms with Crippen LogP contribution in [0.1, 0.15) is 38.9 Å². The largest absolute Gasteiger partial charge is 0.311 e. The van der Waals surface area contributed by atoms with Gasteiger partial charge in [-0.25, -0.2) is 4.85 Å². The Labute approximate surface area is 287 Å². The second-order valence-corrected chi connectivity index (χ2v) is 12.2. The number of benzene rings is 7. The van der Waals surface area contributed by atoms with Crippen LogP contribution >= 0.6 is 0 Å². The van der Waals surface area contributed by atoms with Crippen LogP contribution in [-0.2, 0) is 0 Å². The zero-order chi connectivity index (χ0) is 33.7. The number of aryl methyl sites for hydroxylation is 2. The Bertz CT molecular complexity index is 2440. The van der Waals surface area contributed by atoms with Gasteiger partial charge < -0.3 is 4.90 Å². The van der Waals surface area contributed by atoms with E-state index in [2.05, 4.69) is 151 Å². The van der Waals surface area contributed by atoms with Gasteiger partial charge in [-0.05, 0) is 100 Å². The summed E-state index contributed by atoms with van der Waals surface area (Å²) in [5.41, 5.74) is 11.0. The Morgan fingerprint density at radius 2 is 0.959 bits per heavy atom. The minimum atomic E-state index is 0.565. The van der Waals surface area contributed by atoms with E-state index < -0.39 is 0 Å². The second kappa shape index (κ2) is 13.6. The first-order chi connectivity index (χ1) is 24.0. The molecule has 7 aromatic carbocycles. The molecule has 0 aromatic heterocycles. The van der Waals surface area contributed by atoms with Crippen LogP contribution in [0.15, 0.2) is 140 Å². The summed E-state index contributed by atoms with van der Waals surface area (Å²) in [6.45, 7) is 12.3. The molecule has 0 aliphatic heterocycles. The lowest BCUT2D eigenvalue weighted by molar-refractivity contribution is 1.27. The molecule has 0 saturated carbocycles. The maximum atomic E-state index is 10.3. The van der Waals surface area contributed by atoms with E-state index in [1.807, 2.05) is 42.5 Å². The van der Waals surface area contributed by atoms with Crippen molar-refractivity contribution in [3.63, 3.8) is 0 Å². The number of anilines is 3. The molecule has 0 heterocycles. The fraction of sp³-hybridized carbons (Fsp3) is 0.0435. The topological polar surface area (TPSA) is 31.4 Å². The second-order valence-electron chi connectivity index (χ2n) is 12.2. The summed E-state index contributed by atoms with van der Waals surface area (Å²) in [5, 5.41) is 13.5. The van der Waals surface area contributed by atoms with Crippen LogP contribution in [0.2, 0.25) is 0 Å². The summed E-state index contributed by atoms with van der Waals surface area (Å²) in [7, 11) is 0. The van der Waals surface area contributed by atoms with Crippen molar-refractivity contribution in [2.24, 2.45) is 0 Å². The first-order valence-electron chi connectivity index (χ1n) is 16.3. The molecule has 0 atom stereocenters. The molecule has 0 saturated heterocycles. The van der Waals surface area contributed by atoms with Gasteiger partial charge in [0.15, 0.2) is 0 Å². The number of rotatable bonds is 7. The molecule has 0 aliphatic carbocycles. The smallest absolute Gasteiger partial charge is 0.202 e. The van der Waals surface area contributed by atoms with Crippen molar-refractivity contribution in [3.05, 3.63) is 190 Å². The van der Waals surface area contributed by atoms with E-state index in [0.29, 0.717) is 11.3 Å². The monoisotopic (exact) mass is 627 g/mol. The molecule has 0 aliphatic rings. The van der Waals surface area contributed by atoms with Crippen molar-refractivity contribution in [1.29, 1.82) is 5.26 Å². The van der Waals surface area contributed by atoms with E-state index in [1.54, 1.807) is 0 Å². The molecular weight excluding hydrogens is 595 g/mol. The van der Waals surface area contributed by atoms with E-state index in [4.69, 9.17) is 6.57 Å². The van der Waals surface area contributed by atoms with Crippen LogP contribution in [0.4, 0.5) is 22.7 Å². The molecule has 49 heavy (non-hydrogen) atoms. The van der Waals surface area contributed by atoms with Crippen LogP contribution in [0, 0.1) is 31.8 Å². The van der Waals surface area contributed by atoms with Crippen LogP contribution in [0.5, 0.6) is 0 Å². The summed E-state index contributed by atoms with van der Waals surface area (Å²) < 4.78 is 0. The van der Waals surface area contributed by atoms with Crippen LogP contribution in [0.25, 0.3) is 50.7 Å². The van der Waals surface area contributed by atoms with Crippen LogP contribution in [0.3, 0.4) is 0 Å². The van der Waals surface area contributed by atoms with Crippen LogP contribution < -0.4 is 4.90 Å². The zero-order valence-corrected chi connectivity index (χ0v) is 27.4. The quantitative estimate of drug-likeness (QED) is 0.100. The summed E-state index contributed by atoms with van der Waals surface area (Å²) >= 11 is 0. The SMILES string of the molecule is [C-]#[N+]c1c2ccc(/C=C/c3ccc(C)cc3)cc2c(C#N)c2ccc(/C=C/c3ccc(N(c4ccccc4)c4ccc(C)cc4)cc3)cc12.